The number of aromatic nitrogens is 1. The second kappa shape index (κ2) is 7.83. The predicted molar refractivity (Wildman–Crippen MR) is 96.0 cm³/mol. The van der Waals surface area contributed by atoms with Crippen LogP contribution >= 0.6 is 32.1 Å². The van der Waals surface area contributed by atoms with Crippen LogP contribution in [0.4, 0.5) is 5.82 Å². The number of halogens is 2. The molecule has 0 aliphatic rings. The monoisotopic (exact) mass is 428 g/mol. The summed E-state index contributed by atoms with van der Waals surface area (Å²) in [7, 11) is 0. The quantitative estimate of drug-likeness (QED) is 0.645. The number of nitrogens with one attached hydrogen (secondary N) is 1. The van der Waals surface area contributed by atoms with Crippen LogP contribution in [0.1, 0.15) is 35.7 Å². The molecular formula is C16H18Br2N2O2. The number of nitrogens with zero attached hydrogens (tertiary/aromatic N) is 1. The fraction of sp³-hybridized carbons (Fsp3) is 0.312. The molecule has 118 valence electrons. The fourth-order valence-electron chi connectivity index (χ4n) is 1.90. The Bertz CT molecular complexity index is 668. The van der Waals surface area contributed by atoms with E-state index in [1.807, 2.05) is 25.1 Å². The molecular weight excluding hydrogens is 412 g/mol. The lowest BCUT2D eigenvalue weighted by atomic mass is 10.1. The number of aryl methyl sites for hydroxylation is 1. The molecule has 0 radical (unpaired) electrons. The lowest BCUT2D eigenvalue weighted by molar-refractivity contribution is 0.102. The molecule has 0 saturated carbocycles. The van der Waals surface area contributed by atoms with Crippen LogP contribution in [0, 0.1) is 6.92 Å². The SMILES string of the molecule is CCCCOc1cc(C(=O)Nc2ccc(Br)n2Br)ccc1C. The summed E-state index contributed by atoms with van der Waals surface area (Å²) in [6, 6.07) is 9.15. The van der Waals surface area contributed by atoms with E-state index in [1.54, 1.807) is 15.7 Å². The lowest BCUT2D eigenvalue weighted by Gasteiger charge is -2.11. The van der Waals surface area contributed by atoms with Crippen LogP contribution in [0.25, 0.3) is 0 Å². The number of benzene rings is 1. The molecule has 0 bridgehead atoms. The van der Waals surface area contributed by atoms with Crippen molar-refractivity contribution in [3.8, 4) is 5.75 Å². The van der Waals surface area contributed by atoms with Crippen molar-refractivity contribution >= 4 is 43.8 Å². The minimum Gasteiger partial charge on any atom is -0.493 e. The molecule has 0 spiro atoms. The van der Waals surface area contributed by atoms with Gasteiger partial charge in [-0.25, -0.2) is 0 Å². The van der Waals surface area contributed by atoms with Crippen LogP contribution in [0.2, 0.25) is 0 Å². The summed E-state index contributed by atoms with van der Waals surface area (Å²) >= 11 is 6.71. The first-order valence-electron chi connectivity index (χ1n) is 7.11. The first-order valence-corrected chi connectivity index (χ1v) is 8.61. The first-order chi connectivity index (χ1) is 10.5. The Hall–Kier alpha value is -1.27. The van der Waals surface area contributed by atoms with E-state index in [0.717, 1.165) is 28.8 Å². The topological polar surface area (TPSA) is 43.3 Å². The molecule has 0 aliphatic carbocycles. The number of carbonyl (C=O) groups excluding carboxylic acids is 1. The number of hydrogen-bond donors (Lipinski definition) is 1. The van der Waals surface area contributed by atoms with Crippen molar-refractivity contribution in [3.05, 3.63) is 46.1 Å². The van der Waals surface area contributed by atoms with E-state index in [-0.39, 0.29) is 5.91 Å². The van der Waals surface area contributed by atoms with Gasteiger partial charge < -0.3 is 10.1 Å². The number of hydrogen-bond acceptors (Lipinski definition) is 2. The van der Waals surface area contributed by atoms with Gasteiger partial charge in [-0.1, -0.05) is 19.4 Å². The zero-order chi connectivity index (χ0) is 16.1. The Labute approximate surface area is 147 Å². The van der Waals surface area contributed by atoms with Crippen LogP contribution < -0.4 is 10.1 Å². The van der Waals surface area contributed by atoms with Crippen molar-refractivity contribution in [3.63, 3.8) is 0 Å². The van der Waals surface area contributed by atoms with Gasteiger partial charge >= 0.3 is 0 Å². The van der Waals surface area contributed by atoms with Gasteiger partial charge in [0.25, 0.3) is 5.91 Å². The van der Waals surface area contributed by atoms with Crippen molar-refractivity contribution in [1.29, 1.82) is 0 Å². The zero-order valence-electron chi connectivity index (χ0n) is 12.5. The summed E-state index contributed by atoms with van der Waals surface area (Å²) in [6.07, 6.45) is 2.08. The van der Waals surface area contributed by atoms with Crippen LogP contribution in [0.15, 0.2) is 34.9 Å². The molecule has 0 fully saturated rings. The summed E-state index contributed by atoms with van der Waals surface area (Å²) in [4.78, 5) is 12.4. The van der Waals surface area contributed by atoms with Gasteiger partial charge in [0.1, 0.15) is 11.6 Å². The second-order valence-electron chi connectivity index (χ2n) is 4.96. The minimum absolute atomic E-state index is 0.174. The maximum absolute atomic E-state index is 12.4. The number of anilines is 1. The largest absolute Gasteiger partial charge is 0.493 e. The smallest absolute Gasteiger partial charge is 0.256 e. The molecule has 1 aromatic carbocycles. The van der Waals surface area contributed by atoms with Gasteiger partial charge in [-0.3, -0.25) is 8.39 Å². The molecule has 0 aliphatic heterocycles. The summed E-state index contributed by atoms with van der Waals surface area (Å²) < 4.78 is 8.25. The second-order valence-corrected chi connectivity index (χ2v) is 6.48. The van der Waals surface area contributed by atoms with Crippen LogP contribution in [-0.4, -0.2) is 16.1 Å². The molecule has 1 N–H and O–H groups in total. The predicted octanol–water partition coefficient (Wildman–Crippen LogP) is 5.15. The number of ether oxygens (including phenoxy) is 1. The standard InChI is InChI=1S/C16H18Br2N2O2/c1-3-4-9-22-13-10-12(6-5-11(13)2)16(21)19-15-8-7-14(17)20(15)18/h5-8,10H,3-4,9H2,1-2H3,(H,19,21). The highest BCUT2D eigenvalue weighted by Gasteiger charge is 2.12. The fourth-order valence-corrected chi connectivity index (χ4v) is 2.54. The van der Waals surface area contributed by atoms with Crippen molar-refractivity contribution < 1.29 is 9.53 Å². The molecule has 6 heteroatoms. The van der Waals surface area contributed by atoms with Crippen molar-refractivity contribution in [2.45, 2.75) is 26.7 Å². The molecule has 1 amide bonds. The highest BCUT2D eigenvalue weighted by molar-refractivity contribution is 9.12. The molecule has 1 aromatic heterocycles. The third kappa shape index (κ3) is 4.14. The van der Waals surface area contributed by atoms with Crippen molar-refractivity contribution in [1.82, 2.24) is 3.59 Å². The van der Waals surface area contributed by atoms with Crippen LogP contribution in [0.5, 0.6) is 5.75 Å². The van der Waals surface area contributed by atoms with E-state index in [9.17, 15) is 4.79 Å². The Morgan fingerprint density at radius 3 is 2.73 bits per heavy atom. The van der Waals surface area contributed by atoms with Crippen molar-refractivity contribution in [2.75, 3.05) is 11.9 Å². The van der Waals surface area contributed by atoms with E-state index in [0.29, 0.717) is 18.0 Å². The third-order valence-electron chi connectivity index (χ3n) is 3.23. The number of amides is 1. The normalized spacial score (nSPS) is 10.5. The maximum Gasteiger partial charge on any atom is 0.256 e. The molecule has 1 heterocycles. The van der Waals surface area contributed by atoms with Gasteiger partial charge in [-0.05, 0) is 59.1 Å². The molecule has 2 aromatic rings. The van der Waals surface area contributed by atoms with Crippen LogP contribution in [-0.2, 0) is 0 Å². The average Bonchev–Trinajstić information content (AvgIpc) is 2.81. The van der Waals surface area contributed by atoms with E-state index >= 15 is 0 Å². The van der Waals surface area contributed by atoms with E-state index < -0.39 is 0 Å². The van der Waals surface area contributed by atoms with Gasteiger partial charge in [-0.2, -0.15) is 0 Å². The summed E-state index contributed by atoms with van der Waals surface area (Å²) in [5, 5.41) is 2.85. The van der Waals surface area contributed by atoms with Gasteiger partial charge in [0.05, 0.1) is 27.4 Å². The zero-order valence-corrected chi connectivity index (χ0v) is 15.7. The Morgan fingerprint density at radius 2 is 2.09 bits per heavy atom. The van der Waals surface area contributed by atoms with Gasteiger partial charge in [0.2, 0.25) is 0 Å². The molecule has 0 saturated heterocycles. The van der Waals surface area contributed by atoms with E-state index in [4.69, 9.17) is 4.74 Å². The highest BCUT2D eigenvalue weighted by Crippen LogP contribution is 2.24. The third-order valence-corrected chi connectivity index (χ3v) is 5.08. The van der Waals surface area contributed by atoms with Gasteiger partial charge in [0, 0.05) is 5.56 Å². The molecule has 4 nitrogen and oxygen atoms in total. The molecule has 0 atom stereocenters. The first kappa shape index (κ1) is 17.1. The average molecular weight is 430 g/mol. The lowest BCUT2D eigenvalue weighted by Crippen LogP contribution is -2.13. The summed E-state index contributed by atoms with van der Waals surface area (Å²) in [5.74, 6) is 1.24. The summed E-state index contributed by atoms with van der Waals surface area (Å²) in [5.41, 5.74) is 1.60. The maximum atomic E-state index is 12.4. The molecule has 2 rings (SSSR count). The number of rotatable bonds is 6. The minimum atomic E-state index is -0.174. The van der Waals surface area contributed by atoms with Gasteiger partial charge in [0.15, 0.2) is 0 Å². The number of carbonyl (C=O) groups is 1. The Morgan fingerprint density at radius 1 is 1.32 bits per heavy atom. The molecule has 0 unspecified atom stereocenters. The van der Waals surface area contributed by atoms with Crippen molar-refractivity contribution in [2.24, 2.45) is 0 Å². The Balaban J connectivity index is 2.12. The van der Waals surface area contributed by atoms with Gasteiger partial charge in [-0.15, -0.1) is 0 Å². The van der Waals surface area contributed by atoms with E-state index in [2.05, 4.69) is 44.3 Å². The van der Waals surface area contributed by atoms with Crippen LogP contribution in [0.3, 0.4) is 0 Å². The highest BCUT2D eigenvalue weighted by atomic mass is 79.9. The number of unbranched alkanes of at least 4 members (excludes halogenated alkanes) is 1. The Kier molecular flexibility index (Phi) is 6.08. The van der Waals surface area contributed by atoms with E-state index in [1.165, 1.54) is 0 Å². The molecule has 22 heavy (non-hydrogen) atoms. The summed E-state index contributed by atoms with van der Waals surface area (Å²) in [6.45, 7) is 4.76.